The van der Waals surface area contributed by atoms with Gasteiger partial charge in [0.25, 0.3) is 0 Å². The maximum atomic E-state index is 4.55. The Bertz CT molecular complexity index is 420. The maximum absolute atomic E-state index is 4.55. The molecular formula is C19H36N4. The third-order valence-corrected chi connectivity index (χ3v) is 4.22. The second-order valence-corrected chi connectivity index (χ2v) is 6.78. The van der Waals surface area contributed by atoms with E-state index in [9.17, 15) is 0 Å². The standard InChI is InChI=1S/C19H36N4/c1-6-8-17-9-10-20-19(15-17)16-18(7-2)21-11-12-23(5)14-13-22(3)4/h9-10,15,18,21H,6-8,11-14,16H2,1-5H3. The molecule has 0 aliphatic heterocycles. The van der Waals surface area contributed by atoms with Crippen LogP contribution in [0.2, 0.25) is 0 Å². The number of pyridine rings is 1. The van der Waals surface area contributed by atoms with Crippen molar-refractivity contribution in [1.82, 2.24) is 20.1 Å². The van der Waals surface area contributed by atoms with Crippen molar-refractivity contribution < 1.29 is 0 Å². The van der Waals surface area contributed by atoms with E-state index in [1.165, 1.54) is 17.7 Å². The molecule has 4 nitrogen and oxygen atoms in total. The Morgan fingerprint density at radius 1 is 1.13 bits per heavy atom. The third-order valence-electron chi connectivity index (χ3n) is 4.22. The minimum atomic E-state index is 0.515. The number of aromatic nitrogens is 1. The van der Waals surface area contributed by atoms with Crippen molar-refractivity contribution in [3.8, 4) is 0 Å². The lowest BCUT2D eigenvalue weighted by Gasteiger charge is -2.22. The van der Waals surface area contributed by atoms with Crippen LogP contribution < -0.4 is 5.32 Å². The number of nitrogens with one attached hydrogen (secondary N) is 1. The molecule has 132 valence electrons. The first-order valence-corrected chi connectivity index (χ1v) is 9.05. The lowest BCUT2D eigenvalue weighted by Crippen LogP contribution is -2.38. The summed E-state index contributed by atoms with van der Waals surface area (Å²) in [6.45, 7) is 8.84. The van der Waals surface area contributed by atoms with Crippen molar-refractivity contribution in [2.45, 2.75) is 45.6 Å². The second kappa shape index (κ2) is 11.5. The van der Waals surface area contributed by atoms with Crippen molar-refractivity contribution in [2.75, 3.05) is 47.3 Å². The average molecular weight is 321 g/mol. The Labute approximate surface area is 143 Å². The Hall–Kier alpha value is -0.970. The average Bonchev–Trinajstić information content (AvgIpc) is 2.52. The van der Waals surface area contributed by atoms with Gasteiger partial charge < -0.3 is 15.1 Å². The molecule has 0 spiro atoms. The topological polar surface area (TPSA) is 31.4 Å². The van der Waals surface area contributed by atoms with Crippen LogP contribution in [-0.4, -0.2) is 68.1 Å². The molecule has 1 rings (SSSR count). The summed E-state index contributed by atoms with van der Waals surface area (Å²) in [7, 11) is 6.44. The Morgan fingerprint density at radius 2 is 1.91 bits per heavy atom. The van der Waals surface area contributed by atoms with Crippen LogP contribution in [0.3, 0.4) is 0 Å². The molecule has 1 heterocycles. The molecule has 0 fully saturated rings. The predicted octanol–water partition coefficient (Wildman–Crippen LogP) is 2.44. The summed E-state index contributed by atoms with van der Waals surface area (Å²) in [5, 5.41) is 3.69. The van der Waals surface area contributed by atoms with E-state index in [4.69, 9.17) is 0 Å². The molecule has 1 aromatic rings. The summed E-state index contributed by atoms with van der Waals surface area (Å²) >= 11 is 0. The van der Waals surface area contributed by atoms with Crippen molar-refractivity contribution in [3.05, 3.63) is 29.6 Å². The first kappa shape index (κ1) is 20.1. The Balaban J connectivity index is 2.35. The van der Waals surface area contributed by atoms with E-state index in [-0.39, 0.29) is 0 Å². The van der Waals surface area contributed by atoms with E-state index in [2.05, 4.69) is 67.2 Å². The third kappa shape index (κ3) is 9.04. The Morgan fingerprint density at radius 3 is 2.57 bits per heavy atom. The van der Waals surface area contributed by atoms with Crippen LogP contribution in [-0.2, 0) is 12.8 Å². The van der Waals surface area contributed by atoms with Gasteiger partial charge in [-0.15, -0.1) is 0 Å². The van der Waals surface area contributed by atoms with Crippen molar-refractivity contribution in [1.29, 1.82) is 0 Å². The number of nitrogens with zero attached hydrogens (tertiary/aromatic N) is 3. The summed E-state index contributed by atoms with van der Waals surface area (Å²) in [4.78, 5) is 9.16. The molecule has 1 unspecified atom stereocenters. The first-order chi connectivity index (χ1) is 11.0. The van der Waals surface area contributed by atoms with Crippen LogP contribution in [0.25, 0.3) is 0 Å². The maximum Gasteiger partial charge on any atom is 0.0421 e. The molecule has 0 saturated heterocycles. The van der Waals surface area contributed by atoms with Crippen LogP contribution in [0.15, 0.2) is 18.3 Å². The lowest BCUT2D eigenvalue weighted by molar-refractivity contribution is 0.277. The van der Waals surface area contributed by atoms with Gasteiger partial charge >= 0.3 is 0 Å². The molecule has 0 aliphatic rings. The van der Waals surface area contributed by atoms with Crippen molar-refractivity contribution in [3.63, 3.8) is 0 Å². The highest BCUT2D eigenvalue weighted by Crippen LogP contribution is 2.08. The van der Waals surface area contributed by atoms with E-state index in [0.717, 1.165) is 45.4 Å². The number of hydrogen-bond donors (Lipinski definition) is 1. The van der Waals surface area contributed by atoms with Gasteiger partial charge in [0.1, 0.15) is 0 Å². The quantitative estimate of drug-likeness (QED) is 0.641. The molecule has 0 amide bonds. The molecule has 1 aromatic heterocycles. The van der Waals surface area contributed by atoms with Crippen LogP contribution in [0.5, 0.6) is 0 Å². The number of aryl methyl sites for hydroxylation is 1. The molecule has 1 atom stereocenters. The van der Waals surface area contributed by atoms with Gasteiger partial charge in [-0.3, -0.25) is 4.98 Å². The molecule has 0 bridgehead atoms. The minimum Gasteiger partial charge on any atom is -0.312 e. The highest BCUT2D eigenvalue weighted by molar-refractivity contribution is 5.17. The Kier molecular flexibility index (Phi) is 10.1. The molecule has 23 heavy (non-hydrogen) atoms. The van der Waals surface area contributed by atoms with Crippen molar-refractivity contribution in [2.24, 2.45) is 0 Å². The fourth-order valence-corrected chi connectivity index (χ4v) is 2.64. The number of hydrogen-bond acceptors (Lipinski definition) is 4. The van der Waals surface area contributed by atoms with Crippen molar-refractivity contribution >= 4 is 0 Å². The number of likely N-dealkylation sites (N-methyl/N-ethyl adjacent to an activating group) is 2. The highest BCUT2D eigenvalue weighted by Gasteiger charge is 2.09. The molecule has 1 N–H and O–H groups in total. The fraction of sp³-hybridized carbons (Fsp3) is 0.737. The van der Waals surface area contributed by atoms with Crippen LogP contribution in [0.4, 0.5) is 0 Å². The van der Waals surface area contributed by atoms with Gasteiger partial charge in [0.05, 0.1) is 0 Å². The monoisotopic (exact) mass is 320 g/mol. The molecule has 4 heteroatoms. The zero-order chi connectivity index (χ0) is 17.1. The molecule has 0 aliphatic carbocycles. The molecule has 0 aromatic carbocycles. The fourth-order valence-electron chi connectivity index (χ4n) is 2.64. The van der Waals surface area contributed by atoms with Gasteiger partial charge in [-0.1, -0.05) is 20.3 Å². The first-order valence-electron chi connectivity index (χ1n) is 9.05. The van der Waals surface area contributed by atoms with Gasteiger partial charge in [0.15, 0.2) is 0 Å². The van der Waals surface area contributed by atoms with Crippen LogP contribution in [0.1, 0.15) is 37.9 Å². The normalized spacial score (nSPS) is 13.0. The van der Waals surface area contributed by atoms with Crippen LogP contribution >= 0.6 is 0 Å². The van der Waals surface area contributed by atoms with E-state index < -0.39 is 0 Å². The summed E-state index contributed by atoms with van der Waals surface area (Å²) in [5.74, 6) is 0. The van der Waals surface area contributed by atoms with Gasteiger partial charge in [0.2, 0.25) is 0 Å². The van der Waals surface area contributed by atoms with Gasteiger partial charge in [-0.2, -0.15) is 0 Å². The van der Waals surface area contributed by atoms with E-state index in [1.807, 2.05) is 6.20 Å². The summed E-state index contributed by atoms with van der Waals surface area (Å²) in [6.07, 6.45) is 6.47. The van der Waals surface area contributed by atoms with Gasteiger partial charge in [-0.25, -0.2) is 0 Å². The second-order valence-electron chi connectivity index (χ2n) is 6.78. The van der Waals surface area contributed by atoms with Gasteiger partial charge in [0, 0.05) is 50.5 Å². The number of rotatable bonds is 12. The highest BCUT2D eigenvalue weighted by atomic mass is 15.2. The zero-order valence-electron chi connectivity index (χ0n) is 15.8. The van der Waals surface area contributed by atoms with Crippen LogP contribution in [0, 0.1) is 0 Å². The summed E-state index contributed by atoms with van der Waals surface area (Å²) < 4.78 is 0. The SMILES string of the molecule is CCCc1ccnc(CC(CC)NCCN(C)CCN(C)C)c1. The minimum absolute atomic E-state index is 0.515. The summed E-state index contributed by atoms with van der Waals surface area (Å²) in [6, 6.07) is 4.93. The predicted molar refractivity (Wildman–Crippen MR) is 100 cm³/mol. The smallest absolute Gasteiger partial charge is 0.0421 e. The molecular weight excluding hydrogens is 284 g/mol. The van der Waals surface area contributed by atoms with E-state index in [1.54, 1.807) is 0 Å². The largest absolute Gasteiger partial charge is 0.312 e. The van der Waals surface area contributed by atoms with E-state index in [0.29, 0.717) is 6.04 Å². The zero-order valence-corrected chi connectivity index (χ0v) is 15.8. The van der Waals surface area contributed by atoms with E-state index >= 15 is 0 Å². The lowest BCUT2D eigenvalue weighted by atomic mass is 10.1. The molecule has 0 saturated carbocycles. The summed E-state index contributed by atoms with van der Waals surface area (Å²) in [5.41, 5.74) is 2.63. The van der Waals surface area contributed by atoms with Gasteiger partial charge in [-0.05, 0) is 51.7 Å². The molecule has 0 radical (unpaired) electrons.